The Labute approximate surface area is 140 Å². The van der Waals surface area contributed by atoms with Gasteiger partial charge in [0, 0.05) is 11.1 Å². The van der Waals surface area contributed by atoms with Crippen molar-refractivity contribution in [2.45, 2.75) is 26.3 Å². The Morgan fingerprint density at radius 2 is 1.70 bits per heavy atom. The number of aromatic nitrogens is 1. The van der Waals surface area contributed by atoms with Crippen LogP contribution in [0.2, 0.25) is 0 Å². The molecule has 4 heteroatoms. The second-order valence-corrected chi connectivity index (χ2v) is 6.81. The average molecular weight is 324 g/mol. The SMILES string of the molecule is CC(C)c1ccc(Cn2c(-c3ccc(N)cc3)csc2=O)cc1. The zero-order chi connectivity index (χ0) is 16.4. The maximum Gasteiger partial charge on any atom is 0.307 e. The van der Waals surface area contributed by atoms with Gasteiger partial charge in [-0.25, -0.2) is 0 Å². The van der Waals surface area contributed by atoms with Crippen molar-refractivity contribution >= 4 is 17.0 Å². The second-order valence-electron chi connectivity index (χ2n) is 5.99. The zero-order valence-corrected chi connectivity index (χ0v) is 14.1. The van der Waals surface area contributed by atoms with Crippen molar-refractivity contribution in [2.24, 2.45) is 0 Å². The highest BCUT2D eigenvalue weighted by Crippen LogP contribution is 2.22. The first-order valence-corrected chi connectivity index (χ1v) is 8.55. The van der Waals surface area contributed by atoms with Gasteiger partial charge in [0.25, 0.3) is 0 Å². The van der Waals surface area contributed by atoms with Crippen molar-refractivity contribution in [1.82, 2.24) is 4.57 Å². The van der Waals surface area contributed by atoms with Gasteiger partial charge in [-0.2, -0.15) is 0 Å². The van der Waals surface area contributed by atoms with Crippen LogP contribution in [0.5, 0.6) is 0 Å². The van der Waals surface area contributed by atoms with E-state index in [0.29, 0.717) is 12.5 Å². The van der Waals surface area contributed by atoms with Crippen LogP contribution in [0.25, 0.3) is 11.3 Å². The molecule has 118 valence electrons. The molecule has 3 rings (SSSR count). The topological polar surface area (TPSA) is 48.0 Å². The molecular formula is C19H20N2OS. The Morgan fingerprint density at radius 1 is 1.04 bits per heavy atom. The number of rotatable bonds is 4. The highest BCUT2D eigenvalue weighted by atomic mass is 32.1. The van der Waals surface area contributed by atoms with Crippen molar-refractivity contribution in [3.8, 4) is 11.3 Å². The van der Waals surface area contributed by atoms with Crippen LogP contribution in [0.15, 0.2) is 58.7 Å². The normalized spacial score (nSPS) is 11.1. The maximum absolute atomic E-state index is 12.2. The maximum atomic E-state index is 12.2. The Hall–Kier alpha value is -2.33. The summed E-state index contributed by atoms with van der Waals surface area (Å²) in [5.74, 6) is 0.512. The Balaban J connectivity index is 1.92. The number of benzene rings is 2. The Bertz CT molecular complexity index is 842. The number of hydrogen-bond donors (Lipinski definition) is 1. The fourth-order valence-electron chi connectivity index (χ4n) is 2.55. The molecule has 0 aliphatic rings. The largest absolute Gasteiger partial charge is 0.399 e. The molecule has 3 aromatic rings. The van der Waals surface area contributed by atoms with Crippen molar-refractivity contribution < 1.29 is 0 Å². The molecule has 0 saturated carbocycles. The Morgan fingerprint density at radius 3 is 2.30 bits per heavy atom. The summed E-state index contributed by atoms with van der Waals surface area (Å²) in [4.78, 5) is 12.3. The fourth-order valence-corrected chi connectivity index (χ4v) is 3.32. The van der Waals surface area contributed by atoms with E-state index in [1.54, 1.807) is 0 Å². The molecule has 0 unspecified atom stereocenters. The molecule has 0 aliphatic heterocycles. The average Bonchev–Trinajstić information content (AvgIpc) is 2.90. The molecule has 0 fully saturated rings. The number of nitrogens with two attached hydrogens (primary N) is 1. The van der Waals surface area contributed by atoms with E-state index in [1.165, 1.54) is 16.9 Å². The lowest BCUT2D eigenvalue weighted by molar-refractivity contribution is 0.789. The van der Waals surface area contributed by atoms with E-state index in [1.807, 2.05) is 34.2 Å². The van der Waals surface area contributed by atoms with E-state index < -0.39 is 0 Å². The molecule has 0 aliphatic carbocycles. The number of thiazole rings is 1. The second kappa shape index (κ2) is 6.42. The molecule has 1 heterocycles. The van der Waals surface area contributed by atoms with E-state index in [2.05, 4.69) is 38.1 Å². The molecule has 2 aromatic carbocycles. The first kappa shape index (κ1) is 15.6. The predicted octanol–water partition coefficient (Wildman–Crippen LogP) is 4.33. The van der Waals surface area contributed by atoms with Crippen molar-refractivity contribution in [3.05, 3.63) is 74.7 Å². The van der Waals surface area contributed by atoms with Crippen molar-refractivity contribution in [1.29, 1.82) is 0 Å². The smallest absolute Gasteiger partial charge is 0.307 e. The molecule has 1 aromatic heterocycles. The van der Waals surface area contributed by atoms with Crippen molar-refractivity contribution in [3.63, 3.8) is 0 Å². The highest BCUT2D eigenvalue weighted by molar-refractivity contribution is 7.07. The summed E-state index contributed by atoms with van der Waals surface area (Å²) < 4.78 is 1.82. The third kappa shape index (κ3) is 3.37. The van der Waals surface area contributed by atoms with Crippen molar-refractivity contribution in [2.75, 3.05) is 5.73 Å². The number of nitrogen functional groups attached to an aromatic ring is 1. The molecule has 23 heavy (non-hydrogen) atoms. The van der Waals surface area contributed by atoms with E-state index in [4.69, 9.17) is 5.73 Å². The summed E-state index contributed by atoms with van der Waals surface area (Å²) in [6.45, 7) is 4.94. The molecule has 0 spiro atoms. The monoisotopic (exact) mass is 324 g/mol. The molecule has 0 bridgehead atoms. The molecular weight excluding hydrogens is 304 g/mol. The quantitative estimate of drug-likeness (QED) is 0.726. The number of nitrogens with zero attached hydrogens (tertiary/aromatic N) is 1. The molecule has 0 atom stereocenters. The lowest BCUT2D eigenvalue weighted by atomic mass is 10.0. The first-order chi connectivity index (χ1) is 11.0. The van der Waals surface area contributed by atoms with Gasteiger partial charge in [0.1, 0.15) is 0 Å². The van der Waals surface area contributed by atoms with E-state index >= 15 is 0 Å². The minimum absolute atomic E-state index is 0.0600. The van der Waals surface area contributed by atoms with Gasteiger partial charge in [-0.1, -0.05) is 61.6 Å². The molecule has 0 saturated heterocycles. The van der Waals surface area contributed by atoms with Gasteiger partial charge in [-0.05, 0) is 34.7 Å². The predicted molar refractivity (Wildman–Crippen MR) is 98.1 cm³/mol. The summed E-state index contributed by atoms with van der Waals surface area (Å²) in [5.41, 5.74) is 10.9. The minimum Gasteiger partial charge on any atom is -0.399 e. The first-order valence-electron chi connectivity index (χ1n) is 7.67. The van der Waals surface area contributed by atoms with Gasteiger partial charge in [-0.15, -0.1) is 0 Å². The molecule has 2 N–H and O–H groups in total. The van der Waals surface area contributed by atoms with Gasteiger partial charge in [0.15, 0.2) is 0 Å². The van der Waals surface area contributed by atoms with Crippen LogP contribution in [0.1, 0.15) is 30.9 Å². The van der Waals surface area contributed by atoms with Crippen LogP contribution < -0.4 is 10.6 Å². The third-order valence-electron chi connectivity index (χ3n) is 3.98. The van der Waals surface area contributed by atoms with E-state index in [9.17, 15) is 4.79 Å². The van der Waals surface area contributed by atoms with Gasteiger partial charge >= 0.3 is 4.87 Å². The summed E-state index contributed by atoms with van der Waals surface area (Å²) >= 11 is 1.23. The summed E-state index contributed by atoms with van der Waals surface area (Å²) in [6, 6.07) is 16.1. The molecule has 0 amide bonds. The standard InChI is InChI=1S/C19H20N2OS/c1-13(2)15-5-3-14(4-6-15)11-21-18(12-23-19(21)22)16-7-9-17(20)10-8-16/h3-10,12-13H,11,20H2,1-2H3. The van der Waals surface area contributed by atoms with Gasteiger partial charge in [0.2, 0.25) is 0 Å². The van der Waals surface area contributed by atoms with Gasteiger partial charge in [0.05, 0.1) is 12.2 Å². The lowest BCUT2D eigenvalue weighted by Crippen LogP contribution is -2.15. The minimum atomic E-state index is 0.0600. The zero-order valence-electron chi connectivity index (χ0n) is 13.3. The third-order valence-corrected chi connectivity index (χ3v) is 4.74. The van der Waals surface area contributed by atoms with Crippen LogP contribution in [0, 0.1) is 0 Å². The fraction of sp³-hybridized carbons (Fsp3) is 0.211. The van der Waals surface area contributed by atoms with Crippen LogP contribution in [-0.2, 0) is 6.54 Å². The van der Waals surface area contributed by atoms with E-state index in [0.717, 1.165) is 22.5 Å². The van der Waals surface area contributed by atoms with Crippen LogP contribution >= 0.6 is 11.3 Å². The van der Waals surface area contributed by atoms with Gasteiger partial charge in [-0.3, -0.25) is 9.36 Å². The summed E-state index contributed by atoms with van der Waals surface area (Å²) in [5, 5.41) is 1.91. The number of anilines is 1. The van der Waals surface area contributed by atoms with Crippen LogP contribution in [0.3, 0.4) is 0 Å². The summed E-state index contributed by atoms with van der Waals surface area (Å²) in [6.07, 6.45) is 0. The Kier molecular flexibility index (Phi) is 4.35. The van der Waals surface area contributed by atoms with Crippen LogP contribution in [0.4, 0.5) is 5.69 Å². The summed E-state index contributed by atoms with van der Waals surface area (Å²) in [7, 11) is 0. The molecule has 0 radical (unpaired) electrons. The van der Waals surface area contributed by atoms with Gasteiger partial charge < -0.3 is 5.73 Å². The lowest BCUT2D eigenvalue weighted by Gasteiger charge is -2.10. The number of hydrogen-bond acceptors (Lipinski definition) is 3. The molecule has 3 nitrogen and oxygen atoms in total. The van der Waals surface area contributed by atoms with Crippen LogP contribution in [-0.4, -0.2) is 4.57 Å². The van der Waals surface area contributed by atoms with E-state index in [-0.39, 0.29) is 4.87 Å². The highest BCUT2D eigenvalue weighted by Gasteiger charge is 2.10.